The fourth-order valence-corrected chi connectivity index (χ4v) is 4.76. The predicted molar refractivity (Wildman–Crippen MR) is 139 cm³/mol. The van der Waals surface area contributed by atoms with Gasteiger partial charge in [-0.05, 0) is 57.4 Å². The minimum atomic E-state index is -0.731. The zero-order chi connectivity index (χ0) is 24.7. The van der Waals surface area contributed by atoms with Crippen LogP contribution in [0.1, 0.15) is 13.8 Å². The molecule has 180 valence electrons. The van der Waals surface area contributed by atoms with E-state index >= 15 is 0 Å². The molecule has 1 aromatic heterocycles. The number of nitriles is 1. The maximum absolute atomic E-state index is 12.8. The van der Waals surface area contributed by atoms with Gasteiger partial charge in [0.15, 0.2) is 10.7 Å². The topological polar surface area (TPSA) is 103 Å². The van der Waals surface area contributed by atoms with E-state index < -0.39 is 5.97 Å². The lowest BCUT2D eigenvalue weighted by atomic mass is 10.3. The summed E-state index contributed by atoms with van der Waals surface area (Å²) >= 11 is 6.61. The molecule has 0 radical (unpaired) electrons. The number of hydrogen-bond donors (Lipinski definition) is 2. The SMILES string of the molecule is CCOC(=O)/C(C#N)=c1/s/c(=C/Nc2ccc(NC(=S)N3CCN(C)CC3)cc2)c(=O)n1CC. The summed E-state index contributed by atoms with van der Waals surface area (Å²) in [5.41, 5.74) is 1.22. The van der Waals surface area contributed by atoms with Gasteiger partial charge in [0.2, 0.25) is 0 Å². The summed E-state index contributed by atoms with van der Waals surface area (Å²) in [4.78, 5) is 29.3. The van der Waals surface area contributed by atoms with Crippen molar-refractivity contribution in [1.82, 2.24) is 14.4 Å². The molecule has 0 amide bonds. The number of piperazine rings is 1. The molecule has 1 aliphatic rings. The van der Waals surface area contributed by atoms with Gasteiger partial charge in [-0.1, -0.05) is 0 Å². The molecular weight excluding hydrogens is 472 g/mol. The third kappa shape index (κ3) is 6.02. The molecule has 0 unspecified atom stereocenters. The van der Waals surface area contributed by atoms with Gasteiger partial charge in [0.05, 0.1) is 6.61 Å². The first-order chi connectivity index (χ1) is 16.4. The molecule has 34 heavy (non-hydrogen) atoms. The van der Waals surface area contributed by atoms with Crippen molar-refractivity contribution in [1.29, 1.82) is 5.26 Å². The minimum Gasteiger partial charge on any atom is -0.462 e. The highest BCUT2D eigenvalue weighted by molar-refractivity contribution is 7.80. The van der Waals surface area contributed by atoms with Gasteiger partial charge in [-0.2, -0.15) is 5.26 Å². The molecule has 1 saturated heterocycles. The molecule has 2 aromatic rings. The van der Waals surface area contributed by atoms with Crippen molar-refractivity contribution in [2.75, 3.05) is 50.5 Å². The first-order valence-electron chi connectivity index (χ1n) is 11.0. The average molecular weight is 501 g/mol. The highest BCUT2D eigenvalue weighted by Crippen LogP contribution is 2.14. The predicted octanol–water partition coefficient (Wildman–Crippen LogP) is 0.961. The number of nitrogens with one attached hydrogen (secondary N) is 2. The van der Waals surface area contributed by atoms with Crippen LogP contribution >= 0.6 is 23.6 Å². The molecule has 1 aliphatic heterocycles. The van der Waals surface area contributed by atoms with Crippen LogP contribution in [0.4, 0.5) is 11.4 Å². The molecule has 0 spiro atoms. The van der Waals surface area contributed by atoms with Crippen molar-refractivity contribution >= 4 is 57.8 Å². The van der Waals surface area contributed by atoms with Gasteiger partial charge in [0, 0.05) is 50.3 Å². The first-order valence-corrected chi connectivity index (χ1v) is 12.2. The van der Waals surface area contributed by atoms with Crippen LogP contribution in [0.2, 0.25) is 0 Å². The number of aromatic nitrogens is 1. The van der Waals surface area contributed by atoms with Crippen molar-refractivity contribution in [3.63, 3.8) is 0 Å². The number of anilines is 2. The Balaban J connectivity index is 1.76. The molecule has 0 bridgehead atoms. The van der Waals surface area contributed by atoms with E-state index in [0.29, 0.717) is 20.9 Å². The second-order valence-corrected chi connectivity index (χ2v) is 9.03. The van der Waals surface area contributed by atoms with Crippen molar-refractivity contribution < 1.29 is 9.53 Å². The molecule has 1 aromatic carbocycles. The standard InChI is InChI=1S/C23H28N6O3S2/c1-4-29-20(30)19(34-21(29)18(14-24)22(31)32-5-2)15-25-16-6-8-17(9-7-16)26-23(33)28-12-10-27(3)11-13-28/h6-9,15,25H,4-5,10-13H2,1-3H3,(H,26,33)/b19-15+,21-18+. The van der Waals surface area contributed by atoms with E-state index in [2.05, 4.69) is 27.5 Å². The Labute approximate surface area is 207 Å². The largest absolute Gasteiger partial charge is 0.462 e. The van der Waals surface area contributed by atoms with Crippen LogP contribution in [-0.2, 0) is 16.1 Å². The number of carbonyl (C=O) groups excluding carboxylic acids is 1. The summed E-state index contributed by atoms with van der Waals surface area (Å²) < 4.78 is 7.03. The molecule has 3 rings (SSSR count). The summed E-state index contributed by atoms with van der Waals surface area (Å²) in [5.74, 6) is -0.731. The van der Waals surface area contributed by atoms with Crippen molar-refractivity contribution in [3.8, 4) is 6.07 Å². The molecule has 9 nitrogen and oxygen atoms in total. The van der Waals surface area contributed by atoms with Gasteiger partial charge in [0.25, 0.3) is 5.56 Å². The fourth-order valence-electron chi connectivity index (χ4n) is 3.39. The molecule has 0 saturated carbocycles. The van der Waals surface area contributed by atoms with Crippen LogP contribution in [-0.4, -0.2) is 65.3 Å². The number of carbonyl (C=O) groups is 1. The minimum absolute atomic E-state index is 0.150. The van der Waals surface area contributed by atoms with E-state index in [9.17, 15) is 14.9 Å². The van der Waals surface area contributed by atoms with Crippen molar-refractivity contribution in [3.05, 3.63) is 43.8 Å². The number of esters is 1. The second-order valence-electron chi connectivity index (χ2n) is 7.61. The summed E-state index contributed by atoms with van der Waals surface area (Å²) in [6.07, 6.45) is 1.58. The third-order valence-electron chi connectivity index (χ3n) is 5.33. The molecule has 2 heterocycles. The van der Waals surface area contributed by atoms with E-state index in [1.54, 1.807) is 20.0 Å². The highest BCUT2D eigenvalue weighted by atomic mass is 32.1. The Morgan fingerprint density at radius 1 is 1.21 bits per heavy atom. The number of ether oxygens (including phenoxy) is 1. The van der Waals surface area contributed by atoms with Crippen LogP contribution in [0.3, 0.4) is 0 Å². The van der Waals surface area contributed by atoms with E-state index in [1.165, 1.54) is 4.57 Å². The van der Waals surface area contributed by atoms with Gasteiger partial charge < -0.3 is 25.2 Å². The van der Waals surface area contributed by atoms with E-state index in [0.717, 1.165) is 48.9 Å². The van der Waals surface area contributed by atoms with Gasteiger partial charge in [-0.15, -0.1) is 11.3 Å². The van der Waals surface area contributed by atoms with Crippen LogP contribution in [0, 0.1) is 11.3 Å². The summed E-state index contributed by atoms with van der Waals surface area (Å²) in [5, 5.41) is 16.5. The number of rotatable bonds is 6. The average Bonchev–Trinajstić information content (AvgIpc) is 3.14. The Morgan fingerprint density at radius 3 is 2.44 bits per heavy atom. The molecule has 0 atom stereocenters. The van der Waals surface area contributed by atoms with Gasteiger partial charge in [-0.25, -0.2) is 4.79 Å². The second kappa shape index (κ2) is 11.8. The van der Waals surface area contributed by atoms with Gasteiger partial charge in [-0.3, -0.25) is 9.36 Å². The lowest BCUT2D eigenvalue weighted by molar-refractivity contribution is -0.136. The molecular formula is C23H28N6O3S2. The normalized spacial score (nSPS) is 15.5. The Morgan fingerprint density at radius 2 is 1.85 bits per heavy atom. The van der Waals surface area contributed by atoms with Gasteiger partial charge in [0.1, 0.15) is 15.3 Å². The molecule has 0 aliphatic carbocycles. The number of hydrogen-bond acceptors (Lipinski definition) is 8. The zero-order valence-electron chi connectivity index (χ0n) is 19.5. The highest BCUT2D eigenvalue weighted by Gasteiger charge is 2.17. The zero-order valence-corrected chi connectivity index (χ0v) is 21.1. The lowest BCUT2D eigenvalue weighted by Crippen LogP contribution is -2.48. The summed E-state index contributed by atoms with van der Waals surface area (Å²) in [7, 11) is 2.10. The van der Waals surface area contributed by atoms with E-state index in [1.807, 2.05) is 30.3 Å². The Kier molecular flexibility index (Phi) is 8.81. The maximum atomic E-state index is 12.8. The molecule has 11 heteroatoms. The number of likely N-dealkylation sites (N-methyl/N-ethyl adjacent to an activating group) is 1. The van der Waals surface area contributed by atoms with Crippen LogP contribution < -0.4 is 25.4 Å². The summed E-state index contributed by atoms with van der Waals surface area (Å²) in [6.45, 7) is 7.70. The van der Waals surface area contributed by atoms with E-state index in [4.69, 9.17) is 17.0 Å². The number of thiazole rings is 1. The van der Waals surface area contributed by atoms with E-state index in [-0.39, 0.29) is 17.7 Å². The monoisotopic (exact) mass is 500 g/mol. The molecule has 1 fully saturated rings. The van der Waals surface area contributed by atoms with Crippen LogP contribution in [0.5, 0.6) is 0 Å². The molecule has 2 N–H and O–H groups in total. The number of nitrogens with zero attached hydrogens (tertiary/aromatic N) is 4. The Hall–Kier alpha value is -3.20. The van der Waals surface area contributed by atoms with Crippen molar-refractivity contribution in [2.24, 2.45) is 0 Å². The smallest absolute Gasteiger partial charge is 0.351 e. The lowest BCUT2D eigenvalue weighted by Gasteiger charge is -2.34. The maximum Gasteiger partial charge on any atom is 0.351 e. The van der Waals surface area contributed by atoms with Crippen molar-refractivity contribution in [2.45, 2.75) is 20.4 Å². The Bertz CT molecular complexity index is 1250. The summed E-state index contributed by atoms with van der Waals surface area (Å²) in [6, 6.07) is 9.45. The fraction of sp³-hybridized carbons (Fsp3) is 0.391. The number of thiocarbonyl (C=S) groups is 1. The van der Waals surface area contributed by atoms with Crippen LogP contribution in [0.15, 0.2) is 29.1 Å². The number of benzene rings is 1. The quantitative estimate of drug-likeness (QED) is 0.444. The van der Waals surface area contributed by atoms with Gasteiger partial charge >= 0.3 is 5.97 Å². The van der Waals surface area contributed by atoms with Crippen LogP contribution in [0.25, 0.3) is 11.8 Å². The third-order valence-corrected chi connectivity index (χ3v) is 6.82. The first kappa shape index (κ1) is 25.4.